The highest BCUT2D eigenvalue weighted by atomic mass is 16.1. The Morgan fingerprint density at radius 3 is 2.56 bits per heavy atom. The molecule has 1 fully saturated rings. The summed E-state index contributed by atoms with van der Waals surface area (Å²) in [5.74, 6) is 0.512. The van der Waals surface area contributed by atoms with Crippen molar-refractivity contribution in [1.82, 2.24) is 24.9 Å². The van der Waals surface area contributed by atoms with E-state index < -0.39 is 0 Å². The topological polar surface area (TPSA) is 66.8 Å². The molecule has 0 saturated carbocycles. The molecule has 3 rings (SSSR count). The molecule has 0 amide bonds. The van der Waals surface area contributed by atoms with Crippen LogP contribution in [-0.2, 0) is 18.5 Å². The third-order valence-corrected chi connectivity index (χ3v) is 4.92. The monoisotopic (exact) mass is 343 g/mol. The lowest BCUT2D eigenvalue weighted by atomic mass is 9.92. The van der Waals surface area contributed by atoms with E-state index in [1.165, 1.54) is 0 Å². The van der Waals surface area contributed by atoms with Crippen molar-refractivity contribution in [3.8, 4) is 0 Å². The van der Waals surface area contributed by atoms with Crippen molar-refractivity contribution in [1.29, 1.82) is 0 Å². The van der Waals surface area contributed by atoms with Gasteiger partial charge in [0.15, 0.2) is 0 Å². The Labute approximate surface area is 149 Å². The smallest absolute Gasteiger partial charge is 0.266 e. The van der Waals surface area contributed by atoms with Gasteiger partial charge in [0.2, 0.25) is 0 Å². The van der Waals surface area contributed by atoms with Gasteiger partial charge in [-0.1, -0.05) is 20.8 Å². The van der Waals surface area contributed by atoms with Crippen LogP contribution in [-0.4, -0.2) is 38.0 Å². The van der Waals surface area contributed by atoms with Crippen LogP contribution in [0.4, 0.5) is 0 Å². The number of nitrogens with zero attached hydrogens (tertiary/aromatic N) is 4. The fourth-order valence-corrected chi connectivity index (χ4v) is 3.34. The molecule has 3 heterocycles. The Morgan fingerprint density at radius 1 is 1.24 bits per heavy atom. The number of aromatic amines is 1. The lowest BCUT2D eigenvalue weighted by Crippen LogP contribution is -2.37. The van der Waals surface area contributed by atoms with Crippen molar-refractivity contribution in [2.45, 2.75) is 59.0 Å². The SMILES string of the molecule is Cc1cc(CN2CCC(Cn3nc(C(C)(C)C)ccc3=O)CC2)n[nH]1. The molecule has 25 heavy (non-hydrogen) atoms. The molecule has 0 unspecified atom stereocenters. The van der Waals surface area contributed by atoms with Gasteiger partial charge in [-0.15, -0.1) is 0 Å². The minimum atomic E-state index is -0.0412. The maximum absolute atomic E-state index is 12.2. The molecule has 0 aliphatic carbocycles. The molecule has 1 aliphatic heterocycles. The lowest BCUT2D eigenvalue weighted by molar-refractivity contribution is 0.161. The fraction of sp³-hybridized carbons (Fsp3) is 0.632. The van der Waals surface area contributed by atoms with Gasteiger partial charge in [-0.3, -0.25) is 14.8 Å². The molecule has 1 aliphatic rings. The van der Waals surface area contributed by atoms with Gasteiger partial charge in [0.05, 0.1) is 11.4 Å². The highest BCUT2D eigenvalue weighted by Crippen LogP contribution is 2.21. The third-order valence-electron chi connectivity index (χ3n) is 4.92. The first-order valence-corrected chi connectivity index (χ1v) is 9.13. The zero-order valence-electron chi connectivity index (χ0n) is 15.7. The summed E-state index contributed by atoms with van der Waals surface area (Å²) >= 11 is 0. The molecule has 0 aromatic carbocycles. The summed E-state index contributed by atoms with van der Waals surface area (Å²) in [6.45, 7) is 12.1. The van der Waals surface area contributed by atoms with Crippen molar-refractivity contribution < 1.29 is 0 Å². The molecule has 0 radical (unpaired) electrons. The fourth-order valence-electron chi connectivity index (χ4n) is 3.34. The minimum Gasteiger partial charge on any atom is -0.297 e. The van der Waals surface area contributed by atoms with Gasteiger partial charge in [-0.2, -0.15) is 10.2 Å². The van der Waals surface area contributed by atoms with E-state index in [1.807, 2.05) is 13.0 Å². The second-order valence-electron chi connectivity index (χ2n) is 8.25. The van der Waals surface area contributed by atoms with Gasteiger partial charge < -0.3 is 0 Å². The number of rotatable bonds is 4. The van der Waals surface area contributed by atoms with E-state index >= 15 is 0 Å². The molecular formula is C19H29N5O. The first kappa shape index (κ1) is 17.9. The predicted octanol–water partition coefficient (Wildman–Crippen LogP) is 2.48. The predicted molar refractivity (Wildman–Crippen MR) is 98.5 cm³/mol. The molecule has 1 saturated heterocycles. The second-order valence-corrected chi connectivity index (χ2v) is 8.25. The first-order chi connectivity index (χ1) is 11.8. The summed E-state index contributed by atoms with van der Waals surface area (Å²) < 4.78 is 1.66. The van der Waals surface area contributed by atoms with Gasteiger partial charge in [0.25, 0.3) is 5.56 Å². The quantitative estimate of drug-likeness (QED) is 0.926. The van der Waals surface area contributed by atoms with Crippen molar-refractivity contribution in [2.24, 2.45) is 5.92 Å². The number of likely N-dealkylation sites (tertiary alicyclic amines) is 1. The third kappa shape index (κ3) is 4.57. The standard InChI is InChI=1S/C19H29N5O/c1-14-11-16(21-20-14)13-23-9-7-15(8-10-23)12-24-18(25)6-5-17(22-24)19(2,3)4/h5-6,11,15H,7-10,12-13H2,1-4H3,(H,20,21). The lowest BCUT2D eigenvalue weighted by Gasteiger charge is -2.31. The van der Waals surface area contributed by atoms with Crippen LogP contribution in [0.2, 0.25) is 0 Å². The van der Waals surface area contributed by atoms with E-state index in [4.69, 9.17) is 0 Å². The van der Waals surface area contributed by atoms with Crippen LogP contribution in [0, 0.1) is 12.8 Å². The Morgan fingerprint density at radius 2 is 1.96 bits per heavy atom. The average Bonchev–Trinajstić information content (AvgIpc) is 2.95. The zero-order valence-corrected chi connectivity index (χ0v) is 15.7. The van der Waals surface area contributed by atoms with Crippen LogP contribution in [0.25, 0.3) is 0 Å². The molecule has 1 N–H and O–H groups in total. The molecule has 136 valence electrons. The van der Waals surface area contributed by atoms with Gasteiger partial charge >= 0.3 is 0 Å². The summed E-state index contributed by atoms with van der Waals surface area (Å²) in [5.41, 5.74) is 3.14. The summed E-state index contributed by atoms with van der Waals surface area (Å²) in [4.78, 5) is 14.6. The van der Waals surface area contributed by atoms with Crippen LogP contribution in [0.15, 0.2) is 23.0 Å². The van der Waals surface area contributed by atoms with Crippen LogP contribution < -0.4 is 5.56 Å². The largest absolute Gasteiger partial charge is 0.297 e. The number of piperidine rings is 1. The van der Waals surface area contributed by atoms with E-state index in [0.29, 0.717) is 5.92 Å². The highest BCUT2D eigenvalue weighted by molar-refractivity contribution is 5.10. The van der Waals surface area contributed by atoms with Gasteiger partial charge in [0.1, 0.15) is 0 Å². The number of aromatic nitrogens is 4. The number of aryl methyl sites for hydroxylation is 1. The first-order valence-electron chi connectivity index (χ1n) is 9.13. The summed E-state index contributed by atoms with van der Waals surface area (Å²) in [6.07, 6.45) is 2.19. The maximum Gasteiger partial charge on any atom is 0.266 e. The molecule has 6 heteroatoms. The Balaban J connectivity index is 1.58. The second kappa shape index (κ2) is 7.12. The maximum atomic E-state index is 12.2. The minimum absolute atomic E-state index is 0.00225. The Hall–Kier alpha value is -1.95. The van der Waals surface area contributed by atoms with E-state index in [-0.39, 0.29) is 11.0 Å². The summed E-state index contributed by atoms with van der Waals surface area (Å²) in [5, 5.41) is 11.9. The summed E-state index contributed by atoms with van der Waals surface area (Å²) in [6, 6.07) is 5.61. The Bertz CT molecular complexity index is 763. The van der Waals surface area contributed by atoms with E-state index in [9.17, 15) is 4.79 Å². The normalized spacial score (nSPS) is 17.1. The van der Waals surface area contributed by atoms with Gasteiger partial charge in [-0.05, 0) is 50.9 Å². The molecule has 0 spiro atoms. The number of H-pyrrole nitrogens is 1. The van der Waals surface area contributed by atoms with Crippen molar-refractivity contribution in [3.05, 3.63) is 45.6 Å². The Kier molecular flexibility index (Phi) is 5.08. The summed E-state index contributed by atoms with van der Waals surface area (Å²) in [7, 11) is 0. The number of nitrogens with one attached hydrogen (secondary N) is 1. The van der Waals surface area contributed by atoms with E-state index in [1.54, 1.807) is 10.7 Å². The van der Waals surface area contributed by atoms with Crippen molar-refractivity contribution >= 4 is 0 Å². The molecule has 2 aromatic heterocycles. The molecular weight excluding hydrogens is 314 g/mol. The van der Waals surface area contributed by atoms with Crippen LogP contribution in [0.5, 0.6) is 0 Å². The van der Waals surface area contributed by atoms with Crippen molar-refractivity contribution in [3.63, 3.8) is 0 Å². The number of hydrogen-bond donors (Lipinski definition) is 1. The molecule has 0 bridgehead atoms. The van der Waals surface area contributed by atoms with Crippen LogP contribution in [0.3, 0.4) is 0 Å². The van der Waals surface area contributed by atoms with Crippen LogP contribution >= 0.6 is 0 Å². The van der Waals surface area contributed by atoms with Gasteiger partial charge in [-0.25, -0.2) is 4.68 Å². The highest BCUT2D eigenvalue weighted by Gasteiger charge is 2.22. The molecule has 2 aromatic rings. The molecule has 0 atom stereocenters. The van der Waals surface area contributed by atoms with Crippen molar-refractivity contribution in [2.75, 3.05) is 13.1 Å². The van der Waals surface area contributed by atoms with E-state index in [0.717, 1.165) is 56.1 Å². The molecule has 6 nitrogen and oxygen atoms in total. The van der Waals surface area contributed by atoms with Crippen LogP contribution in [0.1, 0.15) is 50.7 Å². The average molecular weight is 343 g/mol. The van der Waals surface area contributed by atoms with E-state index in [2.05, 4.69) is 47.0 Å². The zero-order chi connectivity index (χ0) is 18.0. The van der Waals surface area contributed by atoms with Gasteiger partial charge in [0, 0.05) is 30.3 Å². The number of hydrogen-bond acceptors (Lipinski definition) is 4.